The van der Waals surface area contributed by atoms with Crippen LogP contribution >= 0.6 is 11.6 Å². The summed E-state index contributed by atoms with van der Waals surface area (Å²) in [5.74, 6) is -0.0349. The van der Waals surface area contributed by atoms with Crippen LogP contribution in [0.2, 0.25) is 5.02 Å². The molecular weight excluding hydrogens is 344 g/mol. The molecule has 132 valence electrons. The van der Waals surface area contributed by atoms with Crippen molar-refractivity contribution in [2.24, 2.45) is 0 Å². The van der Waals surface area contributed by atoms with Gasteiger partial charge in [0.1, 0.15) is 6.04 Å². The SMILES string of the molecule is C[C@H]([NH2+]CC(=O)Nc1ccccc1-c1ccccc1)c1ccccc1Cl. The van der Waals surface area contributed by atoms with Gasteiger partial charge in [0.15, 0.2) is 6.54 Å². The Morgan fingerprint density at radius 1 is 0.962 bits per heavy atom. The Hall–Kier alpha value is -2.62. The van der Waals surface area contributed by atoms with Gasteiger partial charge in [-0.3, -0.25) is 4.79 Å². The minimum absolute atomic E-state index is 0.0349. The van der Waals surface area contributed by atoms with Gasteiger partial charge in [-0.05, 0) is 24.6 Å². The number of carbonyl (C=O) groups is 1. The second kappa shape index (κ2) is 8.65. The molecule has 0 unspecified atom stereocenters. The highest BCUT2D eigenvalue weighted by molar-refractivity contribution is 6.31. The fourth-order valence-electron chi connectivity index (χ4n) is 2.92. The Labute approximate surface area is 159 Å². The second-order valence-electron chi connectivity index (χ2n) is 6.21. The maximum atomic E-state index is 12.4. The summed E-state index contributed by atoms with van der Waals surface area (Å²) in [4.78, 5) is 12.4. The fraction of sp³-hybridized carbons (Fsp3) is 0.136. The lowest BCUT2D eigenvalue weighted by Gasteiger charge is -2.14. The molecule has 0 fully saturated rings. The fourth-order valence-corrected chi connectivity index (χ4v) is 3.23. The van der Waals surface area contributed by atoms with Crippen LogP contribution in [0.1, 0.15) is 18.5 Å². The lowest BCUT2D eigenvalue weighted by Crippen LogP contribution is -2.86. The minimum atomic E-state index is -0.0349. The van der Waals surface area contributed by atoms with Crippen LogP contribution in [0.25, 0.3) is 11.1 Å². The zero-order valence-corrected chi connectivity index (χ0v) is 15.4. The van der Waals surface area contributed by atoms with Crippen LogP contribution < -0.4 is 10.6 Å². The van der Waals surface area contributed by atoms with Crippen LogP contribution in [0.15, 0.2) is 78.9 Å². The van der Waals surface area contributed by atoms with Crippen molar-refractivity contribution in [1.29, 1.82) is 0 Å². The largest absolute Gasteiger partial charge is 0.332 e. The van der Waals surface area contributed by atoms with Crippen molar-refractivity contribution in [3.05, 3.63) is 89.4 Å². The highest BCUT2D eigenvalue weighted by Gasteiger charge is 2.15. The van der Waals surface area contributed by atoms with Crippen molar-refractivity contribution in [2.75, 3.05) is 11.9 Å². The van der Waals surface area contributed by atoms with Gasteiger partial charge in [-0.2, -0.15) is 0 Å². The first kappa shape index (κ1) is 18.2. The van der Waals surface area contributed by atoms with E-state index in [0.29, 0.717) is 6.54 Å². The molecule has 3 rings (SSSR count). The van der Waals surface area contributed by atoms with E-state index in [4.69, 9.17) is 11.6 Å². The number of anilines is 1. The van der Waals surface area contributed by atoms with Crippen molar-refractivity contribution >= 4 is 23.2 Å². The number of nitrogens with two attached hydrogens (primary N) is 1. The summed E-state index contributed by atoms with van der Waals surface area (Å²) in [6.45, 7) is 2.38. The van der Waals surface area contributed by atoms with Crippen molar-refractivity contribution in [1.82, 2.24) is 0 Å². The number of halogens is 1. The number of para-hydroxylation sites is 1. The summed E-state index contributed by atoms with van der Waals surface area (Å²) in [6.07, 6.45) is 0. The molecule has 0 aliphatic heterocycles. The molecule has 0 heterocycles. The molecule has 0 saturated carbocycles. The molecule has 3 nitrogen and oxygen atoms in total. The molecule has 3 aromatic rings. The van der Waals surface area contributed by atoms with Gasteiger partial charge in [0.25, 0.3) is 5.91 Å². The van der Waals surface area contributed by atoms with E-state index in [1.54, 1.807) is 0 Å². The first-order chi connectivity index (χ1) is 12.6. The molecule has 1 atom stereocenters. The molecule has 0 radical (unpaired) electrons. The average Bonchev–Trinajstić information content (AvgIpc) is 2.67. The van der Waals surface area contributed by atoms with E-state index >= 15 is 0 Å². The van der Waals surface area contributed by atoms with Gasteiger partial charge in [-0.1, -0.05) is 78.3 Å². The summed E-state index contributed by atoms with van der Waals surface area (Å²) in [6, 6.07) is 25.7. The van der Waals surface area contributed by atoms with Crippen LogP contribution in [-0.2, 0) is 4.79 Å². The average molecular weight is 366 g/mol. The van der Waals surface area contributed by atoms with Crippen molar-refractivity contribution in [3.8, 4) is 11.1 Å². The van der Waals surface area contributed by atoms with Gasteiger partial charge in [-0.15, -0.1) is 0 Å². The molecular formula is C22H22ClN2O+. The van der Waals surface area contributed by atoms with Gasteiger partial charge >= 0.3 is 0 Å². The lowest BCUT2D eigenvalue weighted by atomic mass is 10.0. The third-order valence-corrected chi connectivity index (χ3v) is 4.68. The summed E-state index contributed by atoms with van der Waals surface area (Å²) in [5, 5.41) is 5.74. The van der Waals surface area contributed by atoms with Gasteiger partial charge in [0.2, 0.25) is 0 Å². The van der Waals surface area contributed by atoms with Crippen LogP contribution in [0.4, 0.5) is 5.69 Å². The number of hydrogen-bond donors (Lipinski definition) is 2. The zero-order chi connectivity index (χ0) is 18.4. The Morgan fingerprint density at radius 2 is 1.62 bits per heavy atom. The van der Waals surface area contributed by atoms with Crippen LogP contribution in [0.5, 0.6) is 0 Å². The normalized spacial score (nSPS) is 11.8. The number of rotatable bonds is 6. The number of nitrogens with one attached hydrogen (secondary N) is 1. The number of quaternary nitrogens is 1. The minimum Gasteiger partial charge on any atom is -0.332 e. The quantitative estimate of drug-likeness (QED) is 0.673. The summed E-state index contributed by atoms with van der Waals surface area (Å²) >= 11 is 6.23. The smallest absolute Gasteiger partial charge is 0.279 e. The van der Waals surface area contributed by atoms with Crippen molar-refractivity contribution < 1.29 is 10.1 Å². The van der Waals surface area contributed by atoms with E-state index in [9.17, 15) is 4.79 Å². The van der Waals surface area contributed by atoms with E-state index < -0.39 is 0 Å². The molecule has 0 aliphatic carbocycles. The van der Waals surface area contributed by atoms with Crippen LogP contribution in [-0.4, -0.2) is 12.5 Å². The molecule has 4 heteroatoms. The summed E-state index contributed by atoms with van der Waals surface area (Å²) < 4.78 is 0. The first-order valence-electron chi connectivity index (χ1n) is 8.67. The second-order valence-corrected chi connectivity index (χ2v) is 6.62. The maximum Gasteiger partial charge on any atom is 0.279 e. The van der Waals surface area contributed by atoms with Gasteiger partial charge in [0, 0.05) is 21.8 Å². The topological polar surface area (TPSA) is 45.7 Å². The number of benzene rings is 3. The van der Waals surface area contributed by atoms with E-state index in [-0.39, 0.29) is 11.9 Å². The third-order valence-electron chi connectivity index (χ3n) is 4.34. The highest BCUT2D eigenvalue weighted by atomic mass is 35.5. The molecule has 0 saturated heterocycles. The number of amides is 1. The molecule has 0 spiro atoms. The third kappa shape index (κ3) is 4.51. The maximum absolute atomic E-state index is 12.4. The molecule has 0 aliphatic rings. The monoisotopic (exact) mass is 365 g/mol. The molecule has 3 N–H and O–H groups in total. The van der Waals surface area contributed by atoms with E-state index in [0.717, 1.165) is 27.4 Å². The van der Waals surface area contributed by atoms with Crippen LogP contribution in [0.3, 0.4) is 0 Å². The standard InChI is InChI=1S/C22H21ClN2O/c1-16(18-11-5-7-13-20(18)23)24-15-22(26)25-21-14-8-6-12-19(21)17-9-3-2-4-10-17/h2-14,16,24H,15H2,1H3,(H,25,26)/p+1/t16-/m0/s1. The van der Waals surface area contributed by atoms with E-state index in [1.165, 1.54) is 0 Å². The van der Waals surface area contributed by atoms with Crippen molar-refractivity contribution in [2.45, 2.75) is 13.0 Å². The van der Waals surface area contributed by atoms with Crippen molar-refractivity contribution in [3.63, 3.8) is 0 Å². The first-order valence-corrected chi connectivity index (χ1v) is 9.05. The van der Waals surface area contributed by atoms with Gasteiger partial charge in [0.05, 0.1) is 0 Å². The lowest BCUT2D eigenvalue weighted by molar-refractivity contribution is -0.682. The molecule has 3 aromatic carbocycles. The number of hydrogen-bond acceptors (Lipinski definition) is 1. The van der Waals surface area contributed by atoms with Crippen LogP contribution in [0, 0.1) is 0 Å². The number of carbonyl (C=O) groups excluding carboxylic acids is 1. The zero-order valence-electron chi connectivity index (χ0n) is 14.7. The predicted molar refractivity (Wildman–Crippen MR) is 107 cm³/mol. The Kier molecular flexibility index (Phi) is 6.05. The summed E-state index contributed by atoms with van der Waals surface area (Å²) in [5.41, 5.74) is 3.95. The van der Waals surface area contributed by atoms with Gasteiger partial charge in [-0.25, -0.2) is 0 Å². The molecule has 26 heavy (non-hydrogen) atoms. The summed E-state index contributed by atoms with van der Waals surface area (Å²) in [7, 11) is 0. The van der Waals surface area contributed by atoms with E-state index in [1.807, 2.05) is 91.1 Å². The Balaban J connectivity index is 1.65. The molecule has 0 aromatic heterocycles. The Bertz CT molecular complexity index is 880. The van der Waals surface area contributed by atoms with Gasteiger partial charge < -0.3 is 10.6 Å². The Morgan fingerprint density at radius 3 is 2.38 bits per heavy atom. The van der Waals surface area contributed by atoms with E-state index in [2.05, 4.69) is 5.32 Å². The highest BCUT2D eigenvalue weighted by Crippen LogP contribution is 2.27. The molecule has 1 amide bonds. The molecule has 0 bridgehead atoms. The predicted octanol–water partition coefficient (Wildman–Crippen LogP) is 4.27.